The zero-order chi connectivity index (χ0) is 19.1. The van der Waals surface area contributed by atoms with Gasteiger partial charge in [-0.15, -0.1) is 0 Å². The van der Waals surface area contributed by atoms with Crippen LogP contribution in [0.4, 0.5) is 10.5 Å². The summed E-state index contributed by atoms with van der Waals surface area (Å²) in [7, 11) is -3.74. The van der Waals surface area contributed by atoms with Crippen molar-refractivity contribution in [2.75, 3.05) is 11.1 Å². The Kier molecular flexibility index (Phi) is 7.89. The summed E-state index contributed by atoms with van der Waals surface area (Å²) in [4.78, 5) is 11.9. The van der Waals surface area contributed by atoms with Crippen molar-refractivity contribution in [2.24, 2.45) is 0 Å². The molecule has 1 aromatic carbocycles. The van der Waals surface area contributed by atoms with Crippen molar-refractivity contribution in [1.82, 2.24) is 0 Å². The SMILES string of the molecule is CCCCCC(O)CS(=O)(=O)c1ccccc1NC(=O)OC(C)(C)C. The number of benzene rings is 1. The lowest BCUT2D eigenvalue weighted by atomic mass is 10.1. The molecule has 1 amide bonds. The summed E-state index contributed by atoms with van der Waals surface area (Å²) in [6.45, 7) is 7.22. The van der Waals surface area contributed by atoms with Crippen LogP contribution in [0.2, 0.25) is 0 Å². The van der Waals surface area contributed by atoms with Crippen LogP contribution in [-0.4, -0.2) is 37.1 Å². The molecule has 0 bridgehead atoms. The first-order chi connectivity index (χ1) is 11.5. The highest BCUT2D eigenvalue weighted by Gasteiger charge is 2.24. The number of ether oxygens (including phenoxy) is 1. The third-order valence-corrected chi connectivity index (χ3v) is 5.26. The Labute approximate surface area is 150 Å². The Morgan fingerprint density at radius 2 is 1.88 bits per heavy atom. The normalized spacial score (nSPS) is 13.3. The molecule has 2 N–H and O–H groups in total. The lowest BCUT2D eigenvalue weighted by Crippen LogP contribution is -2.28. The molecular formula is C18H29NO5S. The van der Waals surface area contributed by atoms with E-state index < -0.39 is 27.6 Å². The molecule has 0 fully saturated rings. The molecule has 0 saturated carbocycles. The Morgan fingerprint density at radius 1 is 1.24 bits per heavy atom. The van der Waals surface area contributed by atoms with Crippen molar-refractivity contribution in [3.8, 4) is 0 Å². The van der Waals surface area contributed by atoms with Gasteiger partial charge in [0, 0.05) is 0 Å². The second-order valence-electron chi connectivity index (χ2n) is 7.05. The van der Waals surface area contributed by atoms with Crippen molar-refractivity contribution in [2.45, 2.75) is 70.0 Å². The number of aliphatic hydroxyl groups is 1. The molecule has 142 valence electrons. The molecule has 0 aliphatic rings. The van der Waals surface area contributed by atoms with E-state index in [-0.39, 0.29) is 16.3 Å². The number of rotatable bonds is 8. The van der Waals surface area contributed by atoms with Crippen LogP contribution < -0.4 is 5.32 Å². The average Bonchev–Trinajstić information content (AvgIpc) is 2.45. The van der Waals surface area contributed by atoms with E-state index >= 15 is 0 Å². The monoisotopic (exact) mass is 371 g/mol. The van der Waals surface area contributed by atoms with Gasteiger partial charge in [0.05, 0.1) is 22.4 Å². The summed E-state index contributed by atoms with van der Waals surface area (Å²) in [5.41, 5.74) is -0.537. The quantitative estimate of drug-likeness (QED) is 0.679. The molecule has 6 nitrogen and oxygen atoms in total. The molecule has 0 aromatic heterocycles. The standard InChI is InChI=1S/C18H29NO5S/c1-5-6-7-10-14(20)13-25(22,23)16-12-9-8-11-15(16)19-17(21)24-18(2,3)4/h8-9,11-12,14,20H,5-7,10,13H2,1-4H3,(H,19,21). The van der Waals surface area contributed by atoms with Crippen LogP contribution in [-0.2, 0) is 14.6 Å². The predicted molar refractivity (Wildman–Crippen MR) is 98.5 cm³/mol. The first-order valence-electron chi connectivity index (χ1n) is 8.55. The van der Waals surface area contributed by atoms with Crippen LogP contribution >= 0.6 is 0 Å². The van der Waals surface area contributed by atoms with Crippen molar-refractivity contribution in [3.05, 3.63) is 24.3 Å². The Morgan fingerprint density at radius 3 is 2.48 bits per heavy atom. The molecule has 0 saturated heterocycles. The predicted octanol–water partition coefficient (Wildman–Crippen LogP) is 3.75. The van der Waals surface area contributed by atoms with E-state index in [9.17, 15) is 18.3 Å². The first kappa shape index (κ1) is 21.4. The van der Waals surface area contributed by atoms with Gasteiger partial charge in [0.15, 0.2) is 9.84 Å². The van der Waals surface area contributed by atoms with Crippen LogP contribution in [0.1, 0.15) is 53.4 Å². The van der Waals surface area contributed by atoms with Crippen molar-refractivity contribution < 1.29 is 23.1 Å². The number of sulfone groups is 1. The van der Waals surface area contributed by atoms with Gasteiger partial charge >= 0.3 is 6.09 Å². The van der Waals surface area contributed by atoms with Gasteiger partial charge < -0.3 is 9.84 Å². The van der Waals surface area contributed by atoms with Gasteiger partial charge in [-0.05, 0) is 39.3 Å². The number of nitrogens with one attached hydrogen (secondary N) is 1. The molecular weight excluding hydrogens is 342 g/mol. The van der Waals surface area contributed by atoms with Gasteiger partial charge in [-0.3, -0.25) is 5.32 Å². The molecule has 1 aromatic rings. The summed E-state index contributed by atoms with van der Waals surface area (Å²) in [5, 5.41) is 12.5. The van der Waals surface area contributed by atoms with Crippen molar-refractivity contribution in [1.29, 1.82) is 0 Å². The molecule has 0 aliphatic heterocycles. The number of hydrogen-bond acceptors (Lipinski definition) is 5. The number of amides is 1. The van der Waals surface area contributed by atoms with Gasteiger partial charge in [-0.1, -0.05) is 38.3 Å². The number of carbonyl (C=O) groups is 1. The lowest BCUT2D eigenvalue weighted by molar-refractivity contribution is 0.0635. The van der Waals surface area contributed by atoms with Crippen LogP contribution in [0.15, 0.2) is 29.2 Å². The highest BCUT2D eigenvalue weighted by molar-refractivity contribution is 7.91. The van der Waals surface area contributed by atoms with E-state index in [1.54, 1.807) is 32.9 Å². The minimum absolute atomic E-state index is 0.0181. The topological polar surface area (TPSA) is 92.7 Å². The average molecular weight is 371 g/mol. The van der Waals surface area contributed by atoms with Gasteiger partial charge in [-0.2, -0.15) is 0 Å². The zero-order valence-corrected chi connectivity index (χ0v) is 16.2. The molecule has 1 rings (SSSR count). The number of unbranched alkanes of at least 4 members (excludes halogenated alkanes) is 2. The van der Waals surface area contributed by atoms with E-state index in [0.717, 1.165) is 19.3 Å². The fourth-order valence-electron chi connectivity index (χ4n) is 2.31. The smallest absolute Gasteiger partial charge is 0.412 e. The Balaban J connectivity index is 2.88. The van der Waals surface area contributed by atoms with Crippen molar-refractivity contribution >= 4 is 21.6 Å². The van der Waals surface area contributed by atoms with E-state index in [1.807, 2.05) is 6.92 Å². The largest absolute Gasteiger partial charge is 0.444 e. The third-order valence-electron chi connectivity index (χ3n) is 3.41. The third kappa shape index (κ3) is 7.88. The summed E-state index contributed by atoms with van der Waals surface area (Å²) in [6, 6.07) is 6.13. The molecule has 1 atom stereocenters. The van der Waals surface area contributed by atoms with Crippen molar-refractivity contribution in [3.63, 3.8) is 0 Å². The Hall–Kier alpha value is -1.60. The maximum atomic E-state index is 12.6. The highest BCUT2D eigenvalue weighted by atomic mass is 32.2. The van der Waals surface area contributed by atoms with Gasteiger partial charge in [0.1, 0.15) is 5.60 Å². The number of anilines is 1. The Bertz CT molecular complexity index is 664. The fourth-order valence-corrected chi connectivity index (χ4v) is 3.90. The second kappa shape index (κ2) is 9.20. The van der Waals surface area contributed by atoms with Crippen LogP contribution in [0.3, 0.4) is 0 Å². The molecule has 0 heterocycles. The van der Waals surface area contributed by atoms with Crippen LogP contribution in [0.5, 0.6) is 0 Å². The van der Waals surface area contributed by atoms with Crippen LogP contribution in [0, 0.1) is 0 Å². The van der Waals surface area contributed by atoms with Gasteiger partial charge in [-0.25, -0.2) is 13.2 Å². The minimum Gasteiger partial charge on any atom is -0.444 e. The van der Waals surface area contributed by atoms with Gasteiger partial charge in [0.2, 0.25) is 0 Å². The minimum atomic E-state index is -3.74. The second-order valence-corrected chi connectivity index (χ2v) is 9.06. The molecule has 25 heavy (non-hydrogen) atoms. The van der Waals surface area contributed by atoms with Crippen LogP contribution in [0.25, 0.3) is 0 Å². The fraction of sp³-hybridized carbons (Fsp3) is 0.611. The van der Waals surface area contributed by atoms with E-state index in [4.69, 9.17) is 4.74 Å². The van der Waals surface area contributed by atoms with E-state index in [1.165, 1.54) is 12.1 Å². The molecule has 0 radical (unpaired) electrons. The lowest BCUT2D eigenvalue weighted by Gasteiger charge is -2.20. The van der Waals surface area contributed by atoms with E-state index in [0.29, 0.717) is 6.42 Å². The molecule has 0 spiro atoms. The molecule has 1 unspecified atom stereocenters. The number of para-hydroxylation sites is 1. The highest BCUT2D eigenvalue weighted by Crippen LogP contribution is 2.24. The zero-order valence-electron chi connectivity index (χ0n) is 15.4. The molecule has 0 aliphatic carbocycles. The summed E-state index contributed by atoms with van der Waals surface area (Å²) < 4.78 is 30.4. The summed E-state index contributed by atoms with van der Waals surface area (Å²) >= 11 is 0. The maximum Gasteiger partial charge on any atom is 0.412 e. The number of aliphatic hydroxyl groups excluding tert-OH is 1. The molecule has 7 heteroatoms. The summed E-state index contributed by atoms with van der Waals surface area (Å²) in [5.74, 6) is -0.371. The van der Waals surface area contributed by atoms with Gasteiger partial charge in [0.25, 0.3) is 0 Å². The first-order valence-corrected chi connectivity index (χ1v) is 10.2. The maximum absolute atomic E-state index is 12.6. The number of hydrogen-bond donors (Lipinski definition) is 2. The number of carbonyl (C=O) groups excluding carboxylic acids is 1. The summed E-state index contributed by atoms with van der Waals surface area (Å²) in [6.07, 6.45) is 1.53. The van der Waals surface area contributed by atoms with E-state index in [2.05, 4.69) is 5.32 Å².